The van der Waals surface area contributed by atoms with E-state index in [-0.39, 0.29) is 12.5 Å². The Hall–Kier alpha value is -2.62. The van der Waals surface area contributed by atoms with Gasteiger partial charge in [-0.3, -0.25) is 4.79 Å². The van der Waals surface area contributed by atoms with E-state index in [4.69, 9.17) is 4.74 Å². The number of alkyl halides is 1. The minimum atomic E-state index is -0.839. The number of anilines is 1. The van der Waals surface area contributed by atoms with Crippen LogP contribution >= 0.6 is 11.3 Å². The number of amides is 2. The Morgan fingerprint density at radius 1 is 1.33 bits per heavy atom. The number of carbonyl (C=O) groups is 2. The molecule has 2 amide bonds. The van der Waals surface area contributed by atoms with Crippen molar-refractivity contribution in [3.05, 3.63) is 23.0 Å². The van der Waals surface area contributed by atoms with E-state index < -0.39 is 12.3 Å². The van der Waals surface area contributed by atoms with Gasteiger partial charge >= 0.3 is 6.09 Å². The molecular weight excluding hydrogens is 409 g/mol. The normalized spacial score (nSPS) is 19.0. The van der Waals surface area contributed by atoms with Gasteiger partial charge in [0.25, 0.3) is 5.91 Å². The molecule has 0 unspecified atom stereocenters. The zero-order valence-corrected chi connectivity index (χ0v) is 17.7. The minimum Gasteiger partial charge on any atom is -0.449 e. The lowest BCUT2D eigenvalue weighted by molar-refractivity contribution is 0.0646. The predicted molar refractivity (Wildman–Crippen MR) is 110 cm³/mol. The van der Waals surface area contributed by atoms with E-state index in [0.717, 1.165) is 30.7 Å². The number of hydrogen-bond donors (Lipinski definition) is 0. The van der Waals surface area contributed by atoms with Crippen molar-refractivity contribution in [3.8, 4) is 10.7 Å². The Morgan fingerprint density at radius 2 is 2.20 bits per heavy atom. The van der Waals surface area contributed by atoms with E-state index in [1.807, 2.05) is 11.8 Å². The quantitative estimate of drug-likeness (QED) is 0.667. The first-order valence-electron chi connectivity index (χ1n) is 10.3. The highest BCUT2D eigenvalue weighted by Crippen LogP contribution is 2.31. The summed E-state index contributed by atoms with van der Waals surface area (Å²) >= 11 is 1.20. The zero-order valence-electron chi connectivity index (χ0n) is 16.8. The molecule has 0 spiro atoms. The van der Waals surface area contributed by atoms with E-state index >= 15 is 0 Å². The second-order valence-corrected chi connectivity index (χ2v) is 8.41. The standard InChI is InChI=1S/C20H24FN5O3S/c1-2-3-9-29-20(28)26-8-6-14-17(19(26)27)30-18(24-14)15-10-23-16(11-22-15)25-7-4-5-13(21)12-25/h10-11,13H,2-9,12H2,1H3/t13-/m0/s1. The van der Waals surface area contributed by atoms with E-state index in [9.17, 15) is 14.0 Å². The number of imide groups is 1. The number of halogens is 1. The summed E-state index contributed by atoms with van der Waals surface area (Å²) in [6, 6.07) is 0. The summed E-state index contributed by atoms with van der Waals surface area (Å²) in [6.07, 6.45) is 5.32. The number of piperidine rings is 1. The molecule has 0 saturated carbocycles. The maximum Gasteiger partial charge on any atom is 0.416 e. The number of fused-ring (bicyclic) bond motifs is 1. The molecule has 1 saturated heterocycles. The van der Waals surface area contributed by atoms with Crippen LogP contribution in [0.5, 0.6) is 0 Å². The Morgan fingerprint density at radius 3 is 2.93 bits per heavy atom. The van der Waals surface area contributed by atoms with Gasteiger partial charge in [-0.25, -0.2) is 29.0 Å². The highest BCUT2D eigenvalue weighted by Gasteiger charge is 2.33. The van der Waals surface area contributed by atoms with Gasteiger partial charge in [-0.15, -0.1) is 11.3 Å². The lowest BCUT2D eigenvalue weighted by Crippen LogP contribution is -2.41. The summed E-state index contributed by atoms with van der Waals surface area (Å²) < 4.78 is 18.8. The van der Waals surface area contributed by atoms with Gasteiger partial charge in [0.2, 0.25) is 0 Å². The fourth-order valence-corrected chi connectivity index (χ4v) is 4.55. The smallest absolute Gasteiger partial charge is 0.416 e. The van der Waals surface area contributed by atoms with E-state index in [0.29, 0.717) is 53.1 Å². The van der Waals surface area contributed by atoms with Gasteiger partial charge in [0.1, 0.15) is 27.6 Å². The molecule has 0 aromatic carbocycles. The Kier molecular flexibility index (Phi) is 6.21. The van der Waals surface area contributed by atoms with Crippen molar-refractivity contribution < 1.29 is 18.7 Å². The zero-order chi connectivity index (χ0) is 21.1. The Balaban J connectivity index is 1.47. The molecule has 10 heteroatoms. The molecular formula is C20H24FN5O3S. The van der Waals surface area contributed by atoms with Crippen LogP contribution in [0.15, 0.2) is 12.4 Å². The van der Waals surface area contributed by atoms with Crippen LogP contribution in [0.2, 0.25) is 0 Å². The van der Waals surface area contributed by atoms with Crippen LogP contribution in [-0.4, -0.2) is 64.3 Å². The molecule has 30 heavy (non-hydrogen) atoms. The summed E-state index contributed by atoms with van der Waals surface area (Å²) in [7, 11) is 0. The van der Waals surface area contributed by atoms with Crippen molar-refractivity contribution >= 4 is 29.2 Å². The van der Waals surface area contributed by atoms with Crippen molar-refractivity contribution in [3.63, 3.8) is 0 Å². The predicted octanol–water partition coefficient (Wildman–Crippen LogP) is 3.47. The van der Waals surface area contributed by atoms with E-state index in [1.54, 1.807) is 12.4 Å². The molecule has 4 heterocycles. The van der Waals surface area contributed by atoms with Gasteiger partial charge in [-0.2, -0.15) is 0 Å². The van der Waals surface area contributed by atoms with Crippen molar-refractivity contribution in [1.29, 1.82) is 0 Å². The van der Waals surface area contributed by atoms with Crippen molar-refractivity contribution in [2.24, 2.45) is 0 Å². The second kappa shape index (κ2) is 9.03. The van der Waals surface area contributed by atoms with Crippen LogP contribution in [0.1, 0.15) is 48.0 Å². The fraction of sp³-hybridized carbons (Fsp3) is 0.550. The molecule has 0 aliphatic carbocycles. The van der Waals surface area contributed by atoms with Crippen LogP contribution < -0.4 is 4.90 Å². The molecule has 2 aliphatic heterocycles. The first kappa shape index (κ1) is 20.6. The van der Waals surface area contributed by atoms with E-state index in [1.165, 1.54) is 11.3 Å². The molecule has 4 rings (SSSR count). The number of hydrogen-bond acceptors (Lipinski definition) is 8. The van der Waals surface area contributed by atoms with Crippen LogP contribution in [0.4, 0.5) is 15.0 Å². The maximum absolute atomic E-state index is 13.6. The summed E-state index contributed by atoms with van der Waals surface area (Å²) in [5.41, 5.74) is 1.22. The number of carbonyl (C=O) groups excluding carboxylic acids is 2. The van der Waals surface area contributed by atoms with Crippen LogP contribution in [0, 0.1) is 0 Å². The van der Waals surface area contributed by atoms with Crippen molar-refractivity contribution in [2.45, 2.75) is 45.2 Å². The number of nitrogens with zero attached hydrogens (tertiary/aromatic N) is 5. The molecule has 1 fully saturated rings. The number of aromatic nitrogens is 3. The summed E-state index contributed by atoms with van der Waals surface area (Å²) in [5, 5.41) is 0.579. The van der Waals surface area contributed by atoms with Gasteiger partial charge in [-0.05, 0) is 19.3 Å². The minimum absolute atomic E-state index is 0.254. The Labute approximate surface area is 178 Å². The molecule has 8 nitrogen and oxygen atoms in total. The third kappa shape index (κ3) is 4.28. The monoisotopic (exact) mass is 433 g/mol. The number of unbranched alkanes of at least 4 members (excludes halogenated alkanes) is 1. The number of thiazole rings is 1. The Bertz CT molecular complexity index is 920. The first-order valence-corrected chi connectivity index (χ1v) is 11.1. The molecule has 2 aromatic rings. The second-order valence-electron chi connectivity index (χ2n) is 7.41. The molecule has 160 valence electrons. The summed E-state index contributed by atoms with van der Waals surface area (Å²) in [4.78, 5) is 41.8. The van der Waals surface area contributed by atoms with Crippen LogP contribution in [-0.2, 0) is 11.2 Å². The highest BCUT2D eigenvalue weighted by molar-refractivity contribution is 7.17. The first-order chi connectivity index (χ1) is 14.6. The maximum atomic E-state index is 13.6. The van der Waals surface area contributed by atoms with Crippen LogP contribution in [0.25, 0.3) is 10.7 Å². The van der Waals surface area contributed by atoms with Gasteiger partial charge in [0.05, 0.1) is 31.2 Å². The van der Waals surface area contributed by atoms with Gasteiger partial charge in [0.15, 0.2) is 0 Å². The number of rotatable bonds is 5. The lowest BCUT2D eigenvalue weighted by atomic mass is 10.1. The van der Waals surface area contributed by atoms with Gasteiger partial charge < -0.3 is 9.64 Å². The third-order valence-corrected chi connectivity index (χ3v) is 6.31. The van der Waals surface area contributed by atoms with Gasteiger partial charge in [-0.1, -0.05) is 13.3 Å². The molecule has 2 aromatic heterocycles. The van der Waals surface area contributed by atoms with Crippen molar-refractivity contribution in [1.82, 2.24) is 19.9 Å². The lowest BCUT2D eigenvalue weighted by Gasteiger charge is -2.29. The fourth-order valence-electron chi connectivity index (χ4n) is 3.52. The van der Waals surface area contributed by atoms with Crippen LogP contribution in [0.3, 0.4) is 0 Å². The topological polar surface area (TPSA) is 88.5 Å². The molecule has 0 bridgehead atoms. The molecule has 0 N–H and O–H groups in total. The average Bonchev–Trinajstić information content (AvgIpc) is 3.19. The molecule has 1 atom stereocenters. The summed E-state index contributed by atoms with van der Waals surface area (Å²) in [6.45, 7) is 3.66. The molecule has 2 aliphatic rings. The average molecular weight is 434 g/mol. The molecule has 0 radical (unpaired) electrons. The SMILES string of the molecule is CCCCOC(=O)N1CCc2nc(-c3cnc(N4CCC[C@H](F)C4)cn3)sc2C1=O. The number of ether oxygens (including phenoxy) is 1. The van der Waals surface area contributed by atoms with Gasteiger partial charge in [0, 0.05) is 19.5 Å². The van der Waals surface area contributed by atoms with Crippen molar-refractivity contribution in [2.75, 3.05) is 31.1 Å². The highest BCUT2D eigenvalue weighted by atomic mass is 32.1. The summed E-state index contributed by atoms with van der Waals surface area (Å²) in [5.74, 6) is 0.257. The largest absolute Gasteiger partial charge is 0.449 e. The third-order valence-electron chi connectivity index (χ3n) is 5.20. The van der Waals surface area contributed by atoms with E-state index in [2.05, 4.69) is 15.0 Å².